The maximum atomic E-state index is 12.9. The molecule has 3 aromatic carbocycles. The van der Waals surface area contributed by atoms with Gasteiger partial charge in [-0.1, -0.05) is 82.6 Å². The lowest BCUT2D eigenvalue weighted by Crippen LogP contribution is -2.45. The number of para-hydroxylation sites is 1. The molecule has 45 heavy (non-hydrogen) atoms. The third kappa shape index (κ3) is 8.66. The van der Waals surface area contributed by atoms with Gasteiger partial charge < -0.3 is 23.2 Å². The highest BCUT2D eigenvalue weighted by Crippen LogP contribution is 2.38. The van der Waals surface area contributed by atoms with Crippen LogP contribution in [-0.2, 0) is 33.3 Å². The molecule has 1 atom stereocenters. The van der Waals surface area contributed by atoms with Crippen molar-refractivity contribution in [2.45, 2.75) is 91.1 Å². The molecule has 0 fully saturated rings. The average molecular weight is 630 g/mol. The molecule has 0 aliphatic carbocycles. The van der Waals surface area contributed by atoms with Crippen molar-refractivity contribution in [1.82, 2.24) is 4.57 Å². The number of ether oxygens (including phenoxy) is 3. The summed E-state index contributed by atoms with van der Waals surface area (Å²) >= 11 is 0. The summed E-state index contributed by atoms with van der Waals surface area (Å²) in [6, 6.07) is 22.1. The van der Waals surface area contributed by atoms with Crippen molar-refractivity contribution in [2.75, 3.05) is 20.5 Å². The number of aryl methyl sites for hydroxylation is 2. The van der Waals surface area contributed by atoms with E-state index in [1.165, 1.54) is 27.6 Å². The third-order valence-corrected chi connectivity index (χ3v) is 13.6. The fourth-order valence-corrected chi connectivity index (χ4v) is 6.76. The Labute approximate surface area is 270 Å². The van der Waals surface area contributed by atoms with Crippen LogP contribution in [0.25, 0.3) is 10.9 Å². The number of rotatable bonds is 15. The molecular weight excluding hydrogens is 579 g/mol. The fourth-order valence-electron chi connectivity index (χ4n) is 5.42. The monoisotopic (exact) mass is 629 g/mol. The van der Waals surface area contributed by atoms with Crippen molar-refractivity contribution in [1.29, 1.82) is 0 Å². The van der Waals surface area contributed by atoms with Gasteiger partial charge in [0.1, 0.15) is 12.4 Å². The Bertz CT molecular complexity index is 1550. The highest BCUT2D eigenvalue weighted by atomic mass is 28.4. The Balaban J connectivity index is 1.69. The van der Waals surface area contributed by atoms with E-state index in [4.69, 9.17) is 18.6 Å². The third-order valence-electron chi connectivity index (χ3n) is 9.02. The van der Waals surface area contributed by atoms with E-state index in [1.807, 2.05) is 18.2 Å². The van der Waals surface area contributed by atoms with Crippen LogP contribution >= 0.6 is 0 Å². The van der Waals surface area contributed by atoms with E-state index in [2.05, 4.69) is 94.9 Å². The normalized spacial score (nSPS) is 12.8. The number of unbranched alkanes of at least 4 members (excludes halogenated alkanes) is 1. The van der Waals surface area contributed by atoms with E-state index in [0.29, 0.717) is 18.5 Å². The Morgan fingerprint density at radius 3 is 2.36 bits per heavy atom. The van der Waals surface area contributed by atoms with Crippen LogP contribution in [0.2, 0.25) is 18.1 Å². The zero-order valence-corrected chi connectivity index (χ0v) is 29.4. The van der Waals surface area contributed by atoms with Gasteiger partial charge in [-0.2, -0.15) is 0 Å². The maximum Gasteiger partial charge on any atom is 0.338 e. The quantitative estimate of drug-likeness (QED) is 0.0746. The van der Waals surface area contributed by atoms with E-state index in [1.54, 1.807) is 19.2 Å². The SMILES string of the molecule is CCCCc1ccc(C)c(Cn2cc(C[C@@H](COC(=O)c3ccccc3)O[Si](C)(C)C(C)(C)C)c3ccccc32)c1OCOC. The van der Waals surface area contributed by atoms with Crippen LogP contribution in [0.4, 0.5) is 0 Å². The Hall–Kier alpha value is -3.39. The van der Waals surface area contributed by atoms with Gasteiger partial charge in [0.25, 0.3) is 0 Å². The van der Waals surface area contributed by atoms with Crippen LogP contribution in [0.3, 0.4) is 0 Å². The molecule has 6 nitrogen and oxygen atoms in total. The van der Waals surface area contributed by atoms with E-state index in [0.717, 1.165) is 30.5 Å². The van der Waals surface area contributed by atoms with Gasteiger partial charge in [0.2, 0.25) is 0 Å². The summed E-state index contributed by atoms with van der Waals surface area (Å²) in [5, 5.41) is 1.19. The first-order chi connectivity index (χ1) is 21.4. The number of carbonyl (C=O) groups excluding carboxylic acids is 1. The minimum absolute atomic E-state index is 0.0155. The molecule has 0 saturated heterocycles. The average Bonchev–Trinajstić information content (AvgIpc) is 3.35. The molecular formula is C38H51NO5Si. The molecule has 0 amide bonds. The number of methoxy groups -OCH3 is 1. The number of hydrogen-bond donors (Lipinski definition) is 0. The summed E-state index contributed by atoms with van der Waals surface area (Å²) in [7, 11) is -0.507. The summed E-state index contributed by atoms with van der Waals surface area (Å²) in [5.41, 5.74) is 6.43. The highest BCUT2D eigenvalue weighted by molar-refractivity contribution is 6.74. The largest absolute Gasteiger partial charge is 0.467 e. The molecule has 0 saturated carbocycles. The highest BCUT2D eigenvalue weighted by Gasteiger charge is 2.39. The van der Waals surface area contributed by atoms with Crippen LogP contribution in [0.5, 0.6) is 5.75 Å². The number of carbonyl (C=O) groups is 1. The molecule has 242 valence electrons. The minimum Gasteiger partial charge on any atom is -0.467 e. The maximum absolute atomic E-state index is 12.9. The van der Waals surface area contributed by atoms with E-state index < -0.39 is 8.32 Å². The van der Waals surface area contributed by atoms with Crippen LogP contribution in [0.1, 0.15) is 73.1 Å². The first-order valence-electron chi connectivity index (χ1n) is 16.1. The molecule has 4 aromatic rings. The lowest BCUT2D eigenvalue weighted by atomic mass is 9.99. The summed E-state index contributed by atoms with van der Waals surface area (Å²) in [6.45, 7) is 16.6. The zero-order valence-electron chi connectivity index (χ0n) is 28.4. The predicted octanol–water partition coefficient (Wildman–Crippen LogP) is 9.11. The smallest absolute Gasteiger partial charge is 0.338 e. The molecule has 0 radical (unpaired) electrons. The number of esters is 1. The Kier molecular flexibility index (Phi) is 11.7. The number of hydrogen-bond acceptors (Lipinski definition) is 5. The van der Waals surface area contributed by atoms with E-state index in [9.17, 15) is 4.79 Å². The molecule has 7 heteroatoms. The summed E-state index contributed by atoms with van der Waals surface area (Å²) in [4.78, 5) is 12.9. The Morgan fingerprint density at radius 2 is 1.67 bits per heavy atom. The lowest BCUT2D eigenvalue weighted by Gasteiger charge is -2.39. The second kappa shape index (κ2) is 15.3. The van der Waals surface area contributed by atoms with Crippen molar-refractivity contribution < 1.29 is 23.4 Å². The molecule has 4 rings (SSSR count). The van der Waals surface area contributed by atoms with Crippen LogP contribution in [0.15, 0.2) is 72.9 Å². The molecule has 1 heterocycles. The summed E-state index contributed by atoms with van der Waals surface area (Å²) < 4.78 is 26.7. The zero-order chi connectivity index (χ0) is 32.6. The molecule has 0 aliphatic rings. The van der Waals surface area contributed by atoms with Crippen molar-refractivity contribution in [3.8, 4) is 5.75 Å². The molecule has 0 spiro atoms. The molecule has 0 aliphatic heterocycles. The van der Waals surface area contributed by atoms with Gasteiger partial charge >= 0.3 is 5.97 Å². The van der Waals surface area contributed by atoms with E-state index >= 15 is 0 Å². The number of nitrogens with zero attached hydrogens (tertiary/aromatic N) is 1. The van der Waals surface area contributed by atoms with Gasteiger partial charge in [0, 0.05) is 36.2 Å². The van der Waals surface area contributed by atoms with Gasteiger partial charge in [-0.05, 0) is 72.8 Å². The minimum atomic E-state index is -2.17. The second-order valence-electron chi connectivity index (χ2n) is 13.5. The van der Waals surface area contributed by atoms with Gasteiger partial charge in [0.05, 0.1) is 18.2 Å². The topological polar surface area (TPSA) is 58.9 Å². The molecule has 1 aromatic heterocycles. The van der Waals surface area contributed by atoms with Gasteiger partial charge in [-0.15, -0.1) is 0 Å². The second-order valence-corrected chi connectivity index (χ2v) is 18.2. The first-order valence-corrected chi connectivity index (χ1v) is 19.1. The van der Waals surface area contributed by atoms with E-state index in [-0.39, 0.29) is 30.5 Å². The Morgan fingerprint density at radius 1 is 0.956 bits per heavy atom. The van der Waals surface area contributed by atoms with Crippen molar-refractivity contribution in [2.24, 2.45) is 0 Å². The summed E-state index contributed by atoms with van der Waals surface area (Å²) in [6.07, 6.45) is 5.78. The van der Waals surface area contributed by atoms with Gasteiger partial charge in [-0.3, -0.25) is 0 Å². The fraction of sp³-hybridized carbons (Fsp3) is 0.447. The van der Waals surface area contributed by atoms with Crippen LogP contribution < -0.4 is 4.74 Å². The molecule has 0 unspecified atom stereocenters. The number of benzene rings is 3. The lowest BCUT2D eigenvalue weighted by molar-refractivity contribution is 0.0286. The number of fused-ring (bicyclic) bond motifs is 1. The first kappa shape index (κ1) is 34.5. The molecule has 0 bridgehead atoms. The predicted molar refractivity (Wildman–Crippen MR) is 186 cm³/mol. The number of aromatic nitrogens is 1. The van der Waals surface area contributed by atoms with Crippen LogP contribution in [0, 0.1) is 6.92 Å². The van der Waals surface area contributed by atoms with Crippen molar-refractivity contribution in [3.63, 3.8) is 0 Å². The van der Waals surface area contributed by atoms with Crippen LogP contribution in [-0.4, -0.2) is 45.5 Å². The van der Waals surface area contributed by atoms with Gasteiger partial charge in [0.15, 0.2) is 15.1 Å². The molecule has 0 N–H and O–H groups in total. The summed E-state index contributed by atoms with van der Waals surface area (Å²) in [5.74, 6) is 0.598. The van der Waals surface area contributed by atoms with Gasteiger partial charge in [-0.25, -0.2) is 4.79 Å². The standard InChI is InChI=1S/C38H51NO5Si/c1-9-10-16-29-22-21-28(2)34(36(29)43-27-41-6)25-39-24-31(33-19-14-15-20-35(33)39)23-32(44-45(7,8)38(3,4)5)26-42-37(40)30-17-12-11-13-18-30/h11-15,17-22,24,32H,9-10,16,23,25-27H2,1-8H3/t32-/m0/s1. The van der Waals surface area contributed by atoms with Crippen molar-refractivity contribution in [3.05, 3.63) is 101 Å². The van der Waals surface area contributed by atoms with Crippen molar-refractivity contribution >= 4 is 25.2 Å².